The molecule has 2 aromatic carbocycles. The van der Waals surface area contributed by atoms with Gasteiger partial charge in [0.1, 0.15) is 5.82 Å². The number of rotatable bonds is 7. The normalized spacial score (nSPS) is 15.0. The monoisotopic (exact) mass is 509 g/mol. The maximum Gasteiger partial charge on any atom is 0.261 e. The van der Waals surface area contributed by atoms with Gasteiger partial charge >= 0.3 is 0 Å². The van der Waals surface area contributed by atoms with Crippen LogP contribution in [0.25, 0.3) is 0 Å². The van der Waals surface area contributed by atoms with Crippen LogP contribution in [0.5, 0.6) is 0 Å². The summed E-state index contributed by atoms with van der Waals surface area (Å²) in [5.74, 6) is -2.36. The third kappa shape index (κ3) is 5.74. The summed E-state index contributed by atoms with van der Waals surface area (Å²) >= 11 is 6.07. The van der Waals surface area contributed by atoms with Crippen molar-refractivity contribution in [1.29, 1.82) is 0 Å². The molecule has 8 nitrogen and oxygen atoms in total. The van der Waals surface area contributed by atoms with E-state index >= 15 is 0 Å². The number of carbonyl (C=O) groups is 3. The van der Waals surface area contributed by atoms with E-state index in [-0.39, 0.29) is 47.6 Å². The summed E-state index contributed by atoms with van der Waals surface area (Å²) in [6.07, 6.45) is 1.09. The van der Waals surface area contributed by atoms with Gasteiger partial charge < -0.3 is 15.1 Å². The Morgan fingerprint density at radius 1 is 1.00 bits per heavy atom. The maximum absolute atomic E-state index is 13.4. The summed E-state index contributed by atoms with van der Waals surface area (Å²) in [6, 6.07) is 10.0. The minimum Gasteiger partial charge on any atom is -0.339 e. The van der Waals surface area contributed by atoms with Crippen LogP contribution in [0.4, 0.5) is 4.39 Å². The van der Waals surface area contributed by atoms with Crippen molar-refractivity contribution in [2.45, 2.75) is 30.0 Å². The number of nitrogens with one attached hydrogen (secondary N) is 1. The van der Waals surface area contributed by atoms with Crippen LogP contribution in [-0.2, 0) is 19.4 Å². The molecule has 1 atom stereocenters. The summed E-state index contributed by atoms with van der Waals surface area (Å²) in [4.78, 5) is 41.0. The van der Waals surface area contributed by atoms with Gasteiger partial charge in [-0.2, -0.15) is 0 Å². The van der Waals surface area contributed by atoms with Crippen LogP contribution in [-0.4, -0.2) is 67.5 Å². The van der Waals surface area contributed by atoms with E-state index in [0.717, 1.165) is 24.3 Å². The lowest BCUT2D eigenvalue weighted by Gasteiger charge is -2.36. The molecule has 1 saturated heterocycles. The molecule has 1 N–H and O–H groups in total. The van der Waals surface area contributed by atoms with Crippen molar-refractivity contribution in [2.24, 2.45) is 0 Å². The molecule has 34 heavy (non-hydrogen) atoms. The Morgan fingerprint density at radius 3 is 2.18 bits per heavy atom. The second-order valence-corrected chi connectivity index (χ2v) is 10.2. The van der Waals surface area contributed by atoms with Crippen molar-refractivity contribution in [3.05, 3.63) is 64.9 Å². The first kappa shape index (κ1) is 25.6. The van der Waals surface area contributed by atoms with E-state index < -0.39 is 32.8 Å². The van der Waals surface area contributed by atoms with Crippen LogP contribution in [0, 0.1) is 5.82 Å². The highest BCUT2D eigenvalue weighted by Gasteiger charge is 2.39. The Hall–Kier alpha value is -2.98. The predicted molar refractivity (Wildman–Crippen MR) is 124 cm³/mol. The molecule has 1 aliphatic rings. The first-order valence-corrected chi connectivity index (χ1v) is 12.7. The second-order valence-electron chi connectivity index (χ2n) is 7.79. The zero-order valence-corrected chi connectivity index (χ0v) is 20.1. The molecule has 0 radical (unpaired) electrons. The third-order valence-corrected chi connectivity index (χ3v) is 7.66. The fraction of sp³-hybridized carbons (Fsp3) is 0.348. The first-order chi connectivity index (χ1) is 16.1. The topological polar surface area (TPSA) is 104 Å². The van der Waals surface area contributed by atoms with E-state index in [1.807, 2.05) is 6.92 Å². The van der Waals surface area contributed by atoms with Crippen molar-refractivity contribution in [1.82, 2.24) is 15.1 Å². The molecule has 1 heterocycles. The fourth-order valence-electron chi connectivity index (χ4n) is 3.59. The van der Waals surface area contributed by atoms with E-state index in [1.165, 1.54) is 17.0 Å². The Morgan fingerprint density at radius 2 is 1.59 bits per heavy atom. The van der Waals surface area contributed by atoms with Gasteiger partial charge in [-0.05, 0) is 42.8 Å². The lowest BCUT2D eigenvalue weighted by molar-refractivity contribution is -0.139. The molecule has 0 spiro atoms. The van der Waals surface area contributed by atoms with Crippen LogP contribution < -0.4 is 5.32 Å². The molecule has 3 rings (SSSR count). The van der Waals surface area contributed by atoms with Crippen molar-refractivity contribution < 1.29 is 27.2 Å². The molecular weight excluding hydrogens is 485 g/mol. The van der Waals surface area contributed by atoms with Crippen molar-refractivity contribution in [3.8, 4) is 0 Å². The molecule has 1 fully saturated rings. The van der Waals surface area contributed by atoms with E-state index in [0.29, 0.717) is 12.8 Å². The minimum absolute atomic E-state index is 0.00579. The molecule has 3 amide bonds. The highest BCUT2D eigenvalue weighted by Crippen LogP contribution is 2.20. The van der Waals surface area contributed by atoms with Crippen molar-refractivity contribution >= 4 is 39.2 Å². The SMILES string of the molecule is CCCC(=O)N1CCN(C(=O)C(NC(=O)c2ccccc2Cl)S(=O)(=O)c2ccc(F)cc2)CC1. The van der Waals surface area contributed by atoms with E-state index in [1.54, 1.807) is 17.0 Å². The Balaban J connectivity index is 1.88. The minimum atomic E-state index is -4.43. The number of hydrogen-bond donors (Lipinski definition) is 1. The molecule has 182 valence electrons. The molecule has 2 aromatic rings. The van der Waals surface area contributed by atoms with E-state index in [9.17, 15) is 27.2 Å². The molecule has 0 aromatic heterocycles. The van der Waals surface area contributed by atoms with Gasteiger partial charge in [-0.1, -0.05) is 30.7 Å². The summed E-state index contributed by atoms with van der Waals surface area (Å²) in [5.41, 5.74) is 0.00579. The van der Waals surface area contributed by atoms with Crippen LogP contribution in [0.2, 0.25) is 5.02 Å². The second kappa shape index (κ2) is 11.0. The first-order valence-electron chi connectivity index (χ1n) is 10.8. The molecule has 1 unspecified atom stereocenters. The Labute approximate surface area is 202 Å². The molecular formula is C23H25ClFN3O5S. The number of hydrogen-bond acceptors (Lipinski definition) is 5. The number of nitrogens with zero attached hydrogens (tertiary/aromatic N) is 2. The number of halogens is 2. The van der Waals surface area contributed by atoms with Gasteiger partial charge in [-0.15, -0.1) is 0 Å². The van der Waals surface area contributed by atoms with Crippen LogP contribution in [0.15, 0.2) is 53.4 Å². The average molecular weight is 510 g/mol. The number of carbonyl (C=O) groups excluding carboxylic acids is 3. The highest BCUT2D eigenvalue weighted by atomic mass is 35.5. The van der Waals surface area contributed by atoms with Gasteiger partial charge in [0, 0.05) is 32.6 Å². The number of amides is 3. The van der Waals surface area contributed by atoms with Crippen LogP contribution in [0.3, 0.4) is 0 Å². The zero-order chi connectivity index (χ0) is 24.9. The third-order valence-electron chi connectivity index (χ3n) is 5.47. The largest absolute Gasteiger partial charge is 0.339 e. The number of piperazine rings is 1. The number of sulfone groups is 1. The molecule has 0 saturated carbocycles. The van der Waals surface area contributed by atoms with E-state index in [4.69, 9.17) is 11.6 Å². The smallest absolute Gasteiger partial charge is 0.261 e. The van der Waals surface area contributed by atoms with Gasteiger partial charge in [0.15, 0.2) is 0 Å². The lowest BCUT2D eigenvalue weighted by atomic mass is 10.2. The quantitative estimate of drug-likeness (QED) is 0.577. The van der Waals surface area contributed by atoms with Gasteiger partial charge in [-0.25, -0.2) is 12.8 Å². The Kier molecular flexibility index (Phi) is 8.27. The van der Waals surface area contributed by atoms with Crippen LogP contribution in [0.1, 0.15) is 30.1 Å². The predicted octanol–water partition coefficient (Wildman–Crippen LogP) is 2.48. The van der Waals surface area contributed by atoms with Crippen LogP contribution >= 0.6 is 11.6 Å². The maximum atomic E-state index is 13.4. The van der Waals surface area contributed by atoms with E-state index in [2.05, 4.69) is 5.32 Å². The zero-order valence-electron chi connectivity index (χ0n) is 18.5. The van der Waals surface area contributed by atoms with Gasteiger partial charge in [0.25, 0.3) is 11.8 Å². The van der Waals surface area contributed by atoms with Crippen molar-refractivity contribution in [2.75, 3.05) is 26.2 Å². The van der Waals surface area contributed by atoms with Gasteiger partial charge in [0.05, 0.1) is 15.5 Å². The summed E-state index contributed by atoms with van der Waals surface area (Å²) in [5, 5.41) is 0.434. The van der Waals surface area contributed by atoms with Gasteiger partial charge in [0.2, 0.25) is 21.1 Å². The number of benzene rings is 2. The van der Waals surface area contributed by atoms with Gasteiger partial charge in [-0.3, -0.25) is 14.4 Å². The summed E-state index contributed by atoms with van der Waals surface area (Å²) < 4.78 is 40.1. The fourth-order valence-corrected chi connectivity index (χ4v) is 5.27. The molecule has 0 bridgehead atoms. The Bertz CT molecular complexity index is 1170. The summed E-state index contributed by atoms with van der Waals surface area (Å²) in [6.45, 7) is 2.64. The summed E-state index contributed by atoms with van der Waals surface area (Å²) in [7, 11) is -4.43. The lowest BCUT2D eigenvalue weighted by Crippen LogP contribution is -2.57. The molecule has 11 heteroatoms. The average Bonchev–Trinajstić information content (AvgIpc) is 2.82. The molecule has 1 aliphatic heterocycles. The molecule has 0 aliphatic carbocycles. The standard InChI is InChI=1S/C23H25ClFN3O5S/c1-2-5-20(29)27-12-14-28(15-13-27)23(31)22(26-21(30)18-6-3-4-7-19(18)24)34(32,33)17-10-8-16(25)9-11-17/h3-4,6-11,22H,2,5,12-15H2,1H3,(H,26,30). The highest BCUT2D eigenvalue weighted by molar-refractivity contribution is 7.92. The van der Waals surface area contributed by atoms with Crippen molar-refractivity contribution in [3.63, 3.8) is 0 Å².